The van der Waals surface area contributed by atoms with Crippen molar-refractivity contribution in [2.75, 3.05) is 19.8 Å². The van der Waals surface area contributed by atoms with Crippen LogP contribution in [0.5, 0.6) is 0 Å². The van der Waals surface area contributed by atoms with Crippen LogP contribution in [-0.2, 0) is 23.8 Å². The van der Waals surface area contributed by atoms with Gasteiger partial charge in [-0.25, -0.2) is 0 Å². The van der Waals surface area contributed by atoms with Crippen molar-refractivity contribution < 1.29 is 49.3 Å². The first-order chi connectivity index (χ1) is 32.7. The zero-order valence-corrected chi connectivity index (χ0v) is 42.9. The van der Waals surface area contributed by atoms with E-state index in [2.05, 4.69) is 43.5 Å². The third-order valence-electron chi connectivity index (χ3n) is 13.0. The second-order valence-electron chi connectivity index (χ2n) is 19.3. The number of carbonyl (C=O) groups excluding carboxylic acids is 2. The molecule has 7 unspecified atom stereocenters. The number of rotatable bonds is 47. The molecule has 1 rings (SSSR count). The van der Waals surface area contributed by atoms with Gasteiger partial charge in [-0.1, -0.05) is 198 Å². The van der Waals surface area contributed by atoms with E-state index in [-0.39, 0.29) is 18.5 Å². The first kappa shape index (κ1) is 62.9. The molecular weight excluding hydrogens is 847 g/mol. The minimum Gasteiger partial charge on any atom is -0.466 e. The molecule has 1 amide bonds. The first-order valence-electron chi connectivity index (χ1n) is 27.8. The number of aliphatic hydroxyl groups is 5. The summed E-state index contributed by atoms with van der Waals surface area (Å²) in [5.74, 6) is -0.226. The third kappa shape index (κ3) is 36.5. The quantitative estimate of drug-likeness (QED) is 0.0196. The predicted octanol–water partition coefficient (Wildman–Crippen LogP) is 11.9. The van der Waals surface area contributed by atoms with E-state index in [0.29, 0.717) is 19.4 Å². The summed E-state index contributed by atoms with van der Waals surface area (Å²) in [7, 11) is 0. The van der Waals surface area contributed by atoms with Gasteiger partial charge in [0.15, 0.2) is 6.29 Å². The summed E-state index contributed by atoms with van der Waals surface area (Å²) in [5.41, 5.74) is 0. The molecular formula is C56H103NO10. The molecule has 0 spiro atoms. The van der Waals surface area contributed by atoms with Gasteiger partial charge in [0.1, 0.15) is 24.4 Å². The van der Waals surface area contributed by atoms with Gasteiger partial charge < -0.3 is 45.1 Å². The molecule has 0 bridgehead atoms. The van der Waals surface area contributed by atoms with Crippen molar-refractivity contribution in [2.45, 2.75) is 288 Å². The van der Waals surface area contributed by atoms with Crippen molar-refractivity contribution in [3.63, 3.8) is 0 Å². The molecule has 7 atom stereocenters. The highest BCUT2D eigenvalue weighted by Gasteiger charge is 2.44. The molecule has 11 nitrogen and oxygen atoms in total. The number of allylic oxidation sites excluding steroid dienone is 5. The van der Waals surface area contributed by atoms with Crippen molar-refractivity contribution in [2.24, 2.45) is 0 Å². The van der Waals surface area contributed by atoms with Crippen LogP contribution in [0.15, 0.2) is 36.5 Å². The Balaban J connectivity index is 2.14. The van der Waals surface area contributed by atoms with E-state index in [0.717, 1.165) is 83.5 Å². The van der Waals surface area contributed by atoms with Crippen molar-refractivity contribution in [3.8, 4) is 0 Å². The number of esters is 1. The Morgan fingerprint density at radius 3 is 1.48 bits per heavy atom. The lowest BCUT2D eigenvalue weighted by molar-refractivity contribution is -0.302. The van der Waals surface area contributed by atoms with E-state index < -0.39 is 49.5 Å². The molecule has 1 aliphatic rings. The Labute approximate surface area is 409 Å². The van der Waals surface area contributed by atoms with Crippen molar-refractivity contribution >= 4 is 11.9 Å². The molecule has 0 aromatic heterocycles. The zero-order valence-electron chi connectivity index (χ0n) is 42.9. The van der Waals surface area contributed by atoms with Crippen LogP contribution in [0.4, 0.5) is 0 Å². The zero-order chi connectivity index (χ0) is 48.8. The van der Waals surface area contributed by atoms with Crippen molar-refractivity contribution in [1.82, 2.24) is 5.32 Å². The minimum atomic E-state index is -1.58. The number of hydrogen-bond donors (Lipinski definition) is 6. The third-order valence-corrected chi connectivity index (χ3v) is 13.0. The molecule has 1 fully saturated rings. The summed E-state index contributed by atoms with van der Waals surface area (Å²) in [6, 6.07) is -0.835. The van der Waals surface area contributed by atoms with Crippen LogP contribution in [0.25, 0.3) is 0 Å². The number of hydrogen-bond acceptors (Lipinski definition) is 10. The molecule has 392 valence electrons. The van der Waals surface area contributed by atoms with E-state index in [1.807, 2.05) is 6.08 Å². The molecule has 1 heterocycles. The maximum atomic E-state index is 13.0. The van der Waals surface area contributed by atoms with Crippen LogP contribution in [0.3, 0.4) is 0 Å². The molecule has 6 N–H and O–H groups in total. The fourth-order valence-electron chi connectivity index (χ4n) is 8.50. The standard InChI is InChI=1S/C56H103NO10/c1-3-5-7-9-11-13-22-26-30-34-38-42-49(59)48(47-66-56-55(64)54(63)53(62)50(46-58)67-56)57-51(60)43-39-35-31-27-24-20-18-16-15-17-19-21-25-29-33-37-41-45-65-52(61)44-40-36-32-28-23-14-12-10-8-6-4-2/h15,17,22,26,38,42,48-50,53-56,58-59,62-64H,3-14,16,18-21,23-25,27-37,39-41,43-47H2,1-2H3,(H,57,60)/b17-15-,26-22+,42-38+. The lowest BCUT2D eigenvalue weighted by atomic mass is 9.99. The number of ether oxygens (including phenoxy) is 3. The van der Waals surface area contributed by atoms with Crippen LogP contribution in [0.2, 0.25) is 0 Å². The van der Waals surface area contributed by atoms with Crippen LogP contribution < -0.4 is 5.32 Å². The molecule has 0 aromatic carbocycles. The molecule has 0 aliphatic carbocycles. The van der Waals surface area contributed by atoms with Crippen molar-refractivity contribution in [1.29, 1.82) is 0 Å². The van der Waals surface area contributed by atoms with Crippen LogP contribution in [0, 0.1) is 0 Å². The van der Waals surface area contributed by atoms with Crippen LogP contribution >= 0.6 is 0 Å². The van der Waals surface area contributed by atoms with Crippen LogP contribution in [0.1, 0.15) is 245 Å². The van der Waals surface area contributed by atoms with Gasteiger partial charge >= 0.3 is 5.97 Å². The fourth-order valence-corrected chi connectivity index (χ4v) is 8.50. The highest BCUT2D eigenvalue weighted by Crippen LogP contribution is 2.23. The first-order valence-corrected chi connectivity index (χ1v) is 27.8. The summed E-state index contributed by atoms with van der Waals surface area (Å²) < 4.78 is 16.6. The summed E-state index contributed by atoms with van der Waals surface area (Å²) in [5, 5.41) is 54.2. The van der Waals surface area contributed by atoms with E-state index in [1.54, 1.807) is 6.08 Å². The monoisotopic (exact) mass is 950 g/mol. The number of aliphatic hydroxyl groups excluding tert-OH is 5. The fraction of sp³-hybridized carbons (Fsp3) is 0.857. The van der Waals surface area contributed by atoms with E-state index >= 15 is 0 Å². The second-order valence-corrected chi connectivity index (χ2v) is 19.3. The molecule has 1 saturated heterocycles. The van der Waals surface area contributed by atoms with Gasteiger partial charge in [0, 0.05) is 12.8 Å². The van der Waals surface area contributed by atoms with Gasteiger partial charge in [-0.2, -0.15) is 0 Å². The normalized spacial score (nSPS) is 19.8. The Morgan fingerprint density at radius 2 is 0.970 bits per heavy atom. The Morgan fingerprint density at radius 1 is 0.537 bits per heavy atom. The predicted molar refractivity (Wildman–Crippen MR) is 274 cm³/mol. The van der Waals surface area contributed by atoms with Gasteiger partial charge in [-0.15, -0.1) is 0 Å². The number of unbranched alkanes of at least 4 members (excludes halogenated alkanes) is 29. The number of amides is 1. The molecule has 11 heteroatoms. The average molecular weight is 950 g/mol. The Hall–Kier alpha value is -2.12. The Kier molecular flexibility index (Phi) is 43.4. The minimum absolute atomic E-state index is 0.0202. The van der Waals surface area contributed by atoms with Gasteiger partial charge in [0.2, 0.25) is 5.91 Å². The molecule has 67 heavy (non-hydrogen) atoms. The lowest BCUT2D eigenvalue weighted by Crippen LogP contribution is -2.60. The largest absolute Gasteiger partial charge is 0.466 e. The SMILES string of the molecule is CCCCCCC/C=C/CC/C=C/C(O)C(COC1OC(CO)C(O)C(O)C1O)NC(=O)CCCCCCCCC/C=C\CCCCCCCCOC(=O)CCCCCCCCCCCCC. The van der Waals surface area contributed by atoms with Gasteiger partial charge in [-0.3, -0.25) is 9.59 Å². The van der Waals surface area contributed by atoms with E-state index in [4.69, 9.17) is 14.2 Å². The maximum absolute atomic E-state index is 13.0. The van der Waals surface area contributed by atoms with E-state index in [1.165, 1.54) is 135 Å². The molecule has 1 aliphatic heterocycles. The van der Waals surface area contributed by atoms with E-state index in [9.17, 15) is 35.1 Å². The number of carbonyl (C=O) groups is 2. The second kappa shape index (κ2) is 46.3. The van der Waals surface area contributed by atoms with Crippen molar-refractivity contribution in [3.05, 3.63) is 36.5 Å². The number of nitrogens with one attached hydrogen (secondary N) is 1. The molecule has 0 saturated carbocycles. The van der Waals surface area contributed by atoms with Gasteiger partial charge in [-0.05, 0) is 70.6 Å². The van der Waals surface area contributed by atoms with Gasteiger partial charge in [0.25, 0.3) is 0 Å². The topological polar surface area (TPSA) is 175 Å². The molecule has 0 aromatic rings. The highest BCUT2D eigenvalue weighted by atomic mass is 16.7. The smallest absolute Gasteiger partial charge is 0.305 e. The highest BCUT2D eigenvalue weighted by molar-refractivity contribution is 5.76. The summed E-state index contributed by atoms with van der Waals surface area (Å²) in [4.78, 5) is 25.0. The molecule has 0 radical (unpaired) electrons. The summed E-state index contributed by atoms with van der Waals surface area (Å²) in [6.07, 6.45) is 45.2. The van der Waals surface area contributed by atoms with Gasteiger partial charge in [0.05, 0.1) is 32.0 Å². The summed E-state index contributed by atoms with van der Waals surface area (Å²) in [6.45, 7) is 4.26. The maximum Gasteiger partial charge on any atom is 0.305 e. The summed E-state index contributed by atoms with van der Waals surface area (Å²) >= 11 is 0. The Bertz CT molecular complexity index is 1210. The van der Waals surface area contributed by atoms with Crippen LogP contribution in [-0.4, -0.2) is 100 Å². The lowest BCUT2D eigenvalue weighted by Gasteiger charge is -2.40. The average Bonchev–Trinajstić information content (AvgIpc) is 3.32.